The molecule has 2 N–H and O–H groups in total. The zero-order valence-electron chi connectivity index (χ0n) is 15.3. The Balaban J connectivity index is 1.82. The number of benzene rings is 2. The zero-order chi connectivity index (χ0) is 22.1. The van der Waals surface area contributed by atoms with Crippen LogP contribution in [0.3, 0.4) is 0 Å². The Labute approximate surface area is 176 Å². The summed E-state index contributed by atoms with van der Waals surface area (Å²) in [6.07, 6.45) is 1.35. The number of nitro benzene ring substituents is 1. The van der Waals surface area contributed by atoms with E-state index in [4.69, 9.17) is 11.6 Å². The first-order chi connectivity index (χ1) is 14.2. The van der Waals surface area contributed by atoms with Gasteiger partial charge in [0.1, 0.15) is 12.2 Å². The molecule has 2 aromatic carbocycles. The summed E-state index contributed by atoms with van der Waals surface area (Å²) in [5, 5.41) is 14.2. The van der Waals surface area contributed by atoms with Crippen molar-refractivity contribution >= 4 is 51.0 Å². The number of sulfonamides is 1. The van der Waals surface area contributed by atoms with E-state index in [1.807, 2.05) is 4.72 Å². The van der Waals surface area contributed by atoms with Crippen molar-refractivity contribution in [2.75, 3.05) is 18.5 Å². The molecule has 0 radical (unpaired) electrons. The molecule has 0 bridgehead atoms. The maximum Gasteiger partial charge on any atom is 0.321 e. The highest BCUT2D eigenvalue weighted by atomic mass is 35.5. The molecular formula is C18H16ClN3O7S. The first kappa shape index (κ1) is 23.0. The number of carbonyl (C=O) groups excluding carboxylic acids is 2. The minimum Gasteiger partial charge on any atom is -0.455 e. The van der Waals surface area contributed by atoms with Gasteiger partial charge in [-0.3, -0.25) is 19.7 Å². The smallest absolute Gasteiger partial charge is 0.321 e. The Kier molecular flexibility index (Phi) is 8.04. The summed E-state index contributed by atoms with van der Waals surface area (Å²) >= 11 is 5.68. The lowest BCUT2D eigenvalue weighted by Crippen LogP contribution is -2.31. The predicted molar refractivity (Wildman–Crippen MR) is 110 cm³/mol. The topological polar surface area (TPSA) is 145 Å². The van der Waals surface area contributed by atoms with Crippen LogP contribution in [0, 0.1) is 10.1 Å². The molecule has 0 saturated carbocycles. The van der Waals surface area contributed by atoms with Gasteiger partial charge in [-0.15, -0.1) is 0 Å². The molecule has 0 heterocycles. The van der Waals surface area contributed by atoms with E-state index in [-0.39, 0.29) is 10.7 Å². The molecule has 0 spiro atoms. The minimum absolute atomic E-state index is 0.111. The number of hydrogen-bond acceptors (Lipinski definition) is 7. The summed E-state index contributed by atoms with van der Waals surface area (Å²) in [6, 6.07) is 12.3. The van der Waals surface area contributed by atoms with Crippen molar-refractivity contribution in [1.82, 2.24) is 4.72 Å². The van der Waals surface area contributed by atoms with Crippen LogP contribution in [0.2, 0.25) is 5.02 Å². The Morgan fingerprint density at radius 3 is 2.53 bits per heavy atom. The lowest BCUT2D eigenvalue weighted by atomic mass is 10.2. The van der Waals surface area contributed by atoms with Crippen LogP contribution in [0.25, 0.3) is 6.08 Å². The van der Waals surface area contributed by atoms with Gasteiger partial charge in [0.15, 0.2) is 6.61 Å². The summed E-state index contributed by atoms with van der Waals surface area (Å²) in [6.45, 7) is -1.46. The van der Waals surface area contributed by atoms with Crippen molar-refractivity contribution in [2.45, 2.75) is 0 Å². The monoisotopic (exact) mass is 453 g/mol. The van der Waals surface area contributed by atoms with Crippen LogP contribution in [0.15, 0.2) is 53.9 Å². The molecule has 12 heteroatoms. The molecule has 0 aliphatic carbocycles. The summed E-state index contributed by atoms with van der Waals surface area (Å²) in [4.78, 5) is 33.8. The molecule has 0 aliphatic rings. The van der Waals surface area contributed by atoms with Gasteiger partial charge >= 0.3 is 5.97 Å². The fourth-order valence-electron chi connectivity index (χ4n) is 2.08. The quantitative estimate of drug-likeness (QED) is 0.336. The van der Waals surface area contributed by atoms with Crippen molar-refractivity contribution in [3.05, 3.63) is 74.6 Å². The van der Waals surface area contributed by atoms with E-state index in [2.05, 4.69) is 10.1 Å². The van der Waals surface area contributed by atoms with E-state index < -0.39 is 45.7 Å². The normalized spacial score (nSPS) is 11.2. The average Bonchev–Trinajstić information content (AvgIpc) is 2.71. The second kappa shape index (κ2) is 10.5. The lowest BCUT2D eigenvalue weighted by molar-refractivity contribution is -0.383. The molecule has 0 aliphatic heterocycles. The number of ether oxygens (including phenoxy) is 1. The van der Waals surface area contributed by atoms with Crippen LogP contribution in [0.5, 0.6) is 0 Å². The van der Waals surface area contributed by atoms with E-state index in [0.29, 0.717) is 5.56 Å². The Morgan fingerprint density at radius 1 is 1.17 bits per heavy atom. The molecule has 0 aromatic heterocycles. The fraction of sp³-hybridized carbons (Fsp3) is 0.111. The summed E-state index contributed by atoms with van der Waals surface area (Å²) in [5.74, 6) is -1.85. The number of anilines is 1. The Bertz CT molecular complexity index is 1070. The third-order valence-electron chi connectivity index (χ3n) is 3.45. The average molecular weight is 454 g/mol. The minimum atomic E-state index is -3.90. The molecule has 158 valence electrons. The SMILES string of the molecule is O=C(COC(=O)CNS(=O)(=O)/C=C/c1ccccc1)Nc1ccc(Cl)cc1[N+](=O)[O-]. The molecule has 30 heavy (non-hydrogen) atoms. The molecule has 0 unspecified atom stereocenters. The van der Waals surface area contributed by atoms with Crippen LogP contribution in [-0.4, -0.2) is 38.4 Å². The van der Waals surface area contributed by atoms with Crippen LogP contribution in [0.1, 0.15) is 5.56 Å². The van der Waals surface area contributed by atoms with Crippen molar-refractivity contribution in [1.29, 1.82) is 0 Å². The molecule has 0 atom stereocenters. The van der Waals surface area contributed by atoms with Gasteiger partial charge < -0.3 is 10.1 Å². The van der Waals surface area contributed by atoms with Gasteiger partial charge in [-0.25, -0.2) is 13.1 Å². The van der Waals surface area contributed by atoms with Crippen molar-refractivity contribution in [2.24, 2.45) is 0 Å². The van der Waals surface area contributed by atoms with Crippen molar-refractivity contribution in [3.8, 4) is 0 Å². The number of halogens is 1. The molecule has 1 amide bonds. The Hall–Kier alpha value is -3.28. The maximum absolute atomic E-state index is 11.9. The fourth-order valence-corrected chi connectivity index (χ4v) is 3.00. The second-order valence-corrected chi connectivity index (χ2v) is 7.79. The first-order valence-corrected chi connectivity index (χ1v) is 10.2. The second-order valence-electron chi connectivity index (χ2n) is 5.71. The van der Waals surface area contributed by atoms with Crippen molar-refractivity contribution < 1.29 is 27.7 Å². The maximum atomic E-state index is 11.9. The number of rotatable bonds is 9. The van der Waals surface area contributed by atoms with E-state index >= 15 is 0 Å². The molecule has 2 rings (SSSR count). The number of esters is 1. The third-order valence-corrected chi connectivity index (χ3v) is 4.73. The van der Waals surface area contributed by atoms with E-state index in [1.165, 1.54) is 18.2 Å². The van der Waals surface area contributed by atoms with E-state index in [1.54, 1.807) is 30.3 Å². The number of nitrogens with one attached hydrogen (secondary N) is 2. The number of nitrogens with zero attached hydrogens (tertiary/aromatic N) is 1. The van der Waals surface area contributed by atoms with Gasteiger partial charge in [-0.1, -0.05) is 41.9 Å². The highest BCUT2D eigenvalue weighted by Crippen LogP contribution is 2.27. The van der Waals surface area contributed by atoms with Gasteiger partial charge in [-0.05, 0) is 23.8 Å². The third kappa shape index (κ3) is 7.62. The van der Waals surface area contributed by atoms with E-state index in [9.17, 15) is 28.1 Å². The highest BCUT2D eigenvalue weighted by molar-refractivity contribution is 7.92. The van der Waals surface area contributed by atoms with Crippen molar-refractivity contribution in [3.63, 3.8) is 0 Å². The molecule has 2 aromatic rings. The molecule has 10 nitrogen and oxygen atoms in total. The van der Waals surface area contributed by atoms with Crippen LogP contribution in [0.4, 0.5) is 11.4 Å². The molecule has 0 fully saturated rings. The van der Waals surface area contributed by atoms with Crippen LogP contribution < -0.4 is 10.0 Å². The van der Waals surface area contributed by atoms with Gasteiger partial charge in [0.25, 0.3) is 11.6 Å². The number of carbonyl (C=O) groups is 2. The number of hydrogen-bond donors (Lipinski definition) is 2. The number of amides is 1. The summed E-state index contributed by atoms with van der Waals surface area (Å²) in [7, 11) is -3.90. The van der Waals surface area contributed by atoms with Gasteiger partial charge in [0.05, 0.1) is 4.92 Å². The Morgan fingerprint density at radius 2 is 1.87 bits per heavy atom. The summed E-state index contributed by atoms with van der Waals surface area (Å²) in [5.41, 5.74) is 0.0933. The lowest BCUT2D eigenvalue weighted by Gasteiger charge is -2.08. The predicted octanol–water partition coefficient (Wildman–Crippen LogP) is 2.32. The highest BCUT2D eigenvalue weighted by Gasteiger charge is 2.17. The van der Waals surface area contributed by atoms with E-state index in [0.717, 1.165) is 11.5 Å². The van der Waals surface area contributed by atoms with Gasteiger partial charge in [0.2, 0.25) is 10.0 Å². The first-order valence-electron chi connectivity index (χ1n) is 8.28. The molecular weight excluding hydrogens is 438 g/mol. The zero-order valence-corrected chi connectivity index (χ0v) is 16.9. The number of nitro groups is 1. The van der Waals surface area contributed by atoms with Gasteiger partial charge in [0, 0.05) is 16.5 Å². The van der Waals surface area contributed by atoms with Gasteiger partial charge in [-0.2, -0.15) is 0 Å². The van der Waals surface area contributed by atoms with Crippen LogP contribution >= 0.6 is 11.6 Å². The standard InChI is InChI=1S/C18H16ClN3O7S/c19-14-6-7-15(16(10-14)22(25)26)21-17(23)12-29-18(24)11-20-30(27,28)9-8-13-4-2-1-3-5-13/h1-10,20H,11-12H2,(H,21,23)/b9-8+. The summed E-state index contributed by atoms with van der Waals surface area (Å²) < 4.78 is 30.4. The largest absolute Gasteiger partial charge is 0.455 e. The van der Waals surface area contributed by atoms with Crippen LogP contribution in [-0.2, 0) is 24.3 Å². The molecule has 0 saturated heterocycles.